The molecule has 0 radical (unpaired) electrons. The Kier molecular flexibility index (Phi) is 7.05. The van der Waals surface area contributed by atoms with Gasteiger partial charge in [-0.25, -0.2) is 4.98 Å². The lowest BCUT2D eigenvalue weighted by Gasteiger charge is -2.22. The number of benzene rings is 1. The molecule has 2 heterocycles. The van der Waals surface area contributed by atoms with Crippen molar-refractivity contribution < 1.29 is 14.0 Å². The Morgan fingerprint density at radius 2 is 1.86 bits per heavy atom. The summed E-state index contributed by atoms with van der Waals surface area (Å²) in [5, 5.41) is 2.84. The number of furan rings is 1. The van der Waals surface area contributed by atoms with Gasteiger partial charge in [-0.3, -0.25) is 9.59 Å². The molecule has 3 rings (SSSR count). The van der Waals surface area contributed by atoms with E-state index in [1.165, 1.54) is 6.26 Å². The molecule has 3 aromatic rings. The molecule has 0 aliphatic carbocycles. The maximum Gasteiger partial charge on any atom is 0.286 e. The topological polar surface area (TPSA) is 80.4 Å². The Labute approximate surface area is 170 Å². The van der Waals surface area contributed by atoms with Gasteiger partial charge in [0, 0.05) is 26.1 Å². The number of fused-ring (bicyclic) bond motifs is 1. The van der Waals surface area contributed by atoms with Gasteiger partial charge in [-0.05, 0) is 37.1 Å². The molecule has 0 bridgehead atoms. The fourth-order valence-electron chi connectivity index (χ4n) is 3.41. The minimum atomic E-state index is -0.259. The first-order valence-electron chi connectivity index (χ1n) is 10.2. The van der Waals surface area contributed by atoms with E-state index in [4.69, 9.17) is 9.40 Å². The van der Waals surface area contributed by atoms with Gasteiger partial charge in [0.05, 0.1) is 17.3 Å². The van der Waals surface area contributed by atoms with Crippen molar-refractivity contribution in [3.63, 3.8) is 0 Å². The number of imidazole rings is 1. The van der Waals surface area contributed by atoms with Crippen LogP contribution in [0.3, 0.4) is 0 Å². The van der Waals surface area contributed by atoms with Crippen LogP contribution in [0.25, 0.3) is 11.0 Å². The summed E-state index contributed by atoms with van der Waals surface area (Å²) in [5.41, 5.74) is 1.78. The number of nitrogens with zero attached hydrogens (tertiary/aromatic N) is 3. The first-order chi connectivity index (χ1) is 14.1. The molecule has 7 heteroatoms. The van der Waals surface area contributed by atoms with Crippen molar-refractivity contribution >= 4 is 22.8 Å². The minimum absolute atomic E-state index is 0.0951. The molecule has 0 spiro atoms. The molecule has 7 nitrogen and oxygen atoms in total. The smallest absolute Gasteiger partial charge is 0.286 e. The van der Waals surface area contributed by atoms with E-state index in [1.54, 1.807) is 12.1 Å². The highest BCUT2D eigenvalue weighted by atomic mass is 16.3. The van der Waals surface area contributed by atoms with Crippen LogP contribution in [0.2, 0.25) is 0 Å². The van der Waals surface area contributed by atoms with E-state index >= 15 is 0 Å². The van der Waals surface area contributed by atoms with E-state index in [0.717, 1.165) is 42.8 Å². The SMILES string of the molecule is CCCN(CCC)C(=O)Cn1c(CCNC(=O)c2ccco2)nc2ccccc21. The average Bonchev–Trinajstić information content (AvgIpc) is 3.37. The van der Waals surface area contributed by atoms with Crippen LogP contribution in [-0.4, -0.2) is 45.9 Å². The number of carbonyl (C=O) groups excluding carboxylic acids is 2. The van der Waals surface area contributed by atoms with Crippen molar-refractivity contribution in [3.05, 3.63) is 54.2 Å². The lowest BCUT2D eigenvalue weighted by atomic mass is 10.3. The zero-order chi connectivity index (χ0) is 20.6. The number of amides is 2. The van der Waals surface area contributed by atoms with Crippen LogP contribution < -0.4 is 5.32 Å². The van der Waals surface area contributed by atoms with Gasteiger partial charge in [0.2, 0.25) is 5.91 Å². The Hall–Kier alpha value is -3.09. The molecular weight excluding hydrogens is 368 g/mol. The Bertz CT molecular complexity index is 940. The zero-order valence-electron chi connectivity index (χ0n) is 17.1. The third-order valence-corrected chi connectivity index (χ3v) is 4.75. The molecule has 0 saturated heterocycles. The van der Waals surface area contributed by atoms with Crippen molar-refractivity contribution in [2.45, 2.75) is 39.7 Å². The second-order valence-corrected chi connectivity index (χ2v) is 6.97. The predicted octanol–water partition coefficient (Wildman–Crippen LogP) is 3.25. The average molecular weight is 396 g/mol. The second-order valence-electron chi connectivity index (χ2n) is 6.97. The van der Waals surface area contributed by atoms with Crippen LogP contribution in [0.1, 0.15) is 43.1 Å². The molecule has 0 aliphatic rings. The number of para-hydroxylation sites is 2. The van der Waals surface area contributed by atoms with Gasteiger partial charge in [0.15, 0.2) is 5.76 Å². The van der Waals surface area contributed by atoms with E-state index in [0.29, 0.717) is 13.0 Å². The number of hydrogen-bond donors (Lipinski definition) is 1. The quantitative estimate of drug-likeness (QED) is 0.570. The summed E-state index contributed by atoms with van der Waals surface area (Å²) in [7, 11) is 0. The van der Waals surface area contributed by atoms with Crippen molar-refractivity contribution in [3.8, 4) is 0 Å². The van der Waals surface area contributed by atoms with Crippen LogP contribution in [0.5, 0.6) is 0 Å². The van der Waals surface area contributed by atoms with Gasteiger partial charge in [-0.15, -0.1) is 0 Å². The molecule has 2 amide bonds. The number of nitrogens with one attached hydrogen (secondary N) is 1. The normalized spacial score (nSPS) is 11.0. The molecule has 29 heavy (non-hydrogen) atoms. The Morgan fingerprint density at radius 1 is 1.10 bits per heavy atom. The third-order valence-electron chi connectivity index (χ3n) is 4.75. The van der Waals surface area contributed by atoms with Crippen LogP contribution in [0, 0.1) is 0 Å². The molecule has 0 atom stereocenters. The first-order valence-corrected chi connectivity index (χ1v) is 10.2. The largest absolute Gasteiger partial charge is 0.459 e. The molecule has 0 aliphatic heterocycles. The van der Waals surface area contributed by atoms with Crippen LogP contribution >= 0.6 is 0 Å². The van der Waals surface area contributed by atoms with Gasteiger partial charge in [0.25, 0.3) is 5.91 Å². The molecule has 0 unspecified atom stereocenters. The van der Waals surface area contributed by atoms with Gasteiger partial charge < -0.3 is 19.2 Å². The van der Waals surface area contributed by atoms with Crippen LogP contribution in [0.15, 0.2) is 47.1 Å². The Balaban J connectivity index is 1.75. The van der Waals surface area contributed by atoms with Gasteiger partial charge in [-0.1, -0.05) is 26.0 Å². The monoisotopic (exact) mass is 396 g/mol. The van der Waals surface area contributed by atoms with Gasteiger partial charge in [-0.2, -0.15) is 0 Å². The maximum absolute atomic E-state index is 12.9. The fraction of sp³-hybridized carbons (Fsp3) is 0.409. The first kappa shape index (κ1) is 20.6. The summed E-state index contributed by atoms with van der Waals surface area (Å²) in [6.45, 7) is 6.33. The molecule has 1 N–H and O–H groups in total. The van der Waals surface area contributed by atoms with E-state index < -0.39 is 0 Å². The molecule has 1 aromatic carbocycles. The second kappa shape index (κ2) is 9.91. The van der Waals surface area contributed by atoms with Crippen LogP contribution in [0.4, 0.5) is 0 Å². The van der Waals surface area contributed by atoms with Crippen LogP contribution in [-0.2, 0) is 17.8 Å². The minimum Gasteiger partial charge on any atom is -0.459 e. The van der Waals surface area contributed by atoms with E-state index in [2.05, 4.69) is 19.2 Å². The number of hydrogen-bond acceptors (Lipinski definition) is 4. The summed E-state index contributed by atoms with van der Waals surface area (Å²) in [6.07, 6.45) is 3.86. The number of aromatic nitrogens is 2. The van der Waals surface area contributed by atoms with E-state index in [-0.39, 0.29) is 24.1 Å². The highest BCUT2D eigenvalue weighted by molar-refractivity contribution is 5.91. The summed E-state index contributed by atoms with van der Waals surface area (Å²) < 4.78 is 7.08. The van der Waals surface area contributed by atoms with Crippen molar-refractivity contribution in [2.75, 3.05) is 19.6 Å². The number of carbonyl (C=O) groups is 2. The van der Waals surface area contributed by atoms with E-state index in [1.807, 2.05) is 33.7 Å². The highest BCUT2D eigenvalue weighted by Gasteiger charge is 2.18. The predicted molar refractivity (Wildman–Crippen MR) is 112 cm³/mol. The molecular formula is C22H28N4O3. The standard InChI is InChI=1S/C22H28N4O3/c1-3-13-25(14-4-2)21(27)16-26-18-9-6-5-8-17(18)24-20(26)11-12-23-22(28)19-10-7-15-29-19/h5-10,15H,3-4,11-14,16H2,1-2H3,(H,23,28). The van der Waals surface area contributed by atoms with Gasteiger partial charge in [0.1, 0.15) is 12.4 Å². The molecule has 0 saturated carbocycles. The Morgan fingerprint density at radius 3 is 2.55 bits per heavy atom. The van der Waals surface area contributed by atoms with Crippen molar-refractivity contribution in [2.24, 2.45) is 0 Å². The molecule has 2 aromatic heterocycles. The van der Waals surface area contributed by atoms with Gasteiger partial charge >= 0.3 is 0 Å². The third kappa shape index (κ3) is 5.04. The fourth-order valence-corrected chi connectivity index (χ4v) is 3.41. The number of rotatable bonds is 10. The lowest BCUT2D eigenvalue weighted by molar-refractivity contribution is -0.131. The summed E-state index contributed by atoms with van der Waals surface area (Å²) >= 11 is 0. The zero-order valence-corrected chi connectivity index (χ0v) is 17.1. The van der Waals surface area contributed by atoms with Crippen molar-refractivity contribution in [1.82, 2.24) is 19.8 Å². The summed E-state index contributed by atoms with van der Waals surface area (Å²) in [6, 6.07) is 11.1. The lowest BCUT2D eigenvalue weighted by Crippen LogP contribution is -2.35. The summed E-state index contributed by atoms with van der Waals surface area (Å²) in [5.74, 6) is 0.902. The summed E-state index contributed by atoms with van der Waals surface area (Å²) in [4.78, 5) is 31.6. The van der Waals surface area contributed by atoms with E-state index in [9.17, 15) is 9.59 Å². The van der Waals surface area contributed by atoms with Crippen molar-refractivity contribution in [1.29, 1.82) is 0 Å². The highest BCUT2D eigenvalue weighted by Crippen LogP contribution is 2.17. The molecule has 154 valence electrons. The molecule has 0 fully saturated rings. The maximum atomic E-state index is 12.9.